The zero-order valence-electron chi connectivity index (χ0n) is 13.8. The summed E-state index contributed by atoms with van der Waals surface area (Å²) < 4.78 is 3.13. The maximum atomic E-state index is 12.5. The number of benzene rings is 1. The normalized spacial score (nSPS) is 10.7. The third kappa shape index (κ3) is 3.05. The summed E-state index contributed by atoms with van der Waals surface area (Å²) in [5.41, 5.74) is 1.83. The minimum Gasteiger partial charge on any atom is -0.305 e. The van der Waals surface area contributed by atoms with E-state index in [1.54, 1.807) is 22.9 Å². The average Bonchev–Trinajstić information content (AvgIpc) is 3.32. The number of aromatic nitrogens is 7. The number of hydrogen-bond acceptors (Lipinski definition) is 6. The van der Waals surface area contributed by atoms with Crippen molar-refractivity contribution < 1.29 is 4.79 Å². The van der Waals surface area contributed by atoms with E-state index in [2.05, 4.69) is 30.7 Å². The number of para-hydroxylation sites is 1. The minimum absolute atomic E-state index is 0.187. The van der Waals surface area contributed by atoms with Crippen molar-refractivity contribution in [3.05, 3.63) is 72.6 Å². The second-order valence-corrected chi connectivity index (χ2v) is 5.49. The van der Waals surface area contributed by atoms with Gasteiger partial charge < -0.3 is 5.32 Å². The van der Waals surface area contributed by atoms with E-state index in [-0.39, 0.29) is 11.6 Å². The zero-order valence-corrected chi connectivity index (χ0v) is 13.8. The van der Waals surface area contributed by atoms with Crippen LogP contribution in [0.25, 0.3) is 11.5 Å². The highest BCUT2D eigenvalue weighted by Gasteiger charge is 2.14. The smallest absolute Gasteiger partial charge is 0.277 e. The minimum atomic E-state index is -0.375. The highest BCUT2D eigenvalue weighted by Crippen LogP contribution is 2.17. The Balaban J connectivity index is 1.57. The Morgan fingerprint density at radius 1 is 1.08 bits per heavy atom. The number of rotatable bonds is 4. The molecule has 0 atom stereocenters. The van der Waals surface area contributed by atoms with Crippen LogP contribution in [0.5, 0.6) is 0 Å². The molecule has 0 fully saturated rings. The molecule has 4 rings (SSSR count). The molecule has 4 aromatic rings. The first-order valence-corrected chi connectivity index (χ1v) is 7.83. The molecule has 3 heterocycles. The van der Waals surface area contributed by atoms with Crippen LogP contribution in [0.3, 0.4) is 0 Å². The van der Waals surface area contributed by atoms with Crippen molar-refractivity contribution in [2.45, 2.75) is 6.92 Å². The van der Waals surface area contributed by atoms with Crippen LogP contribution >= 0.6 is 0 Å². The van der Waals surface area contributed by atoms with Gasteiger partial charge in [0.2, 0.25) is 0 Å². The van der Waals surface area contributed by atoms with Crippen LogP contribution in [-0.2, 0) is 0 Å². The third-order valence-electron chi connectivity index (χ3n) is 3.61. The van der Waals surface area contributed by atoms with Crippen molar-refractivity contribution in [2.24, 2.45) is 0 Å². The molecule has 0 unspecified atom stereocenters. The summed E-state index contributed by atoms with van der Waals surface area (Å²) in [6.45, 7) is 1.86. The monoisotopic (exact) mass is 346 g/mol. The van der Waals surface area contributed by atoms with E-state index in [0.717, 1.165) is 11.4 Å². The van der Waals surface area contributed by atoms with E-state index in [9.17, 15) is 4.79 Å². The fourth-order valence-corrected chi connectivity index (χ4v) is 2.43. The Kier molecular flexibility index (Phi) is 3.94. The van der Waals surface area contributed by atoms with Crippen LogP contribution in [0.2, 0.25) is 0 Å². The van der Waals surface area contributed by atoms with Gasteiger partial charge in [0.05, 0.1) is 11.4 Å². The lowest BCUT2D eigenvalue weighted by Crippen LogP contribution is -2.17. The van der Waals surface area contributed by atoms with Crippen molar-refractivity contribution in [3.8, 4) is 11.5 Å². The van der Waals surface area contributed by atoms with E-state index >= 15 is 0 Å². The summed E-state index contributed by atoms with van der Waals surface area (Å²) in [5.74, 6) is 0.657. The predicted molar refractivity (Wildman–Crippen MR) is 93.2 cm³/mol. The molecule has 0 bridgehead atoms. The molecule has 1 N–H and O–H groups in total. The van der Waals surface area contributed by atoms with E-state index in [0.29, 0.717) is 11.6 Å². The molecule has 0 saturated heterocycles. The lowest BCUT2D eigenvalue weighted by atomic mass is 10.3. The first kappa shape index (κ1) is 15.6. The van der Waals surface area contributed by atoms with Gasteiger partial charge >= 0.3 is 0 Å². The quantitative estimate of drug-likeness (QED) is 0.604. The second kappa shape index (κ2) is 6.55. The van der Waals surface area contributed by atoms with Gasteiger partial charge in [-0.15, -0.1) is 10.2 Å². The van der Waals surface area contributed by atoms with Crippen molar-refractivity contribution in [3.63, 3.8) is 0 Å². The molecule has 0 radical (unpaired) electrons. The SMILES string of the molecule is Cc1cc(NC(=O)c2ccc(-n3cncn3)nn2)n(-c2ccccc2)n1. The fraction of sp³-hybridized carbons (Fsp3) is 0.0588. The van der Waals surface area contributed by atoms with Crippen molar-refractivity contribution in [1.29, 1.82) is 0 Å². The third-order valence-corrected chi connectivity index (χ3v) is 3.61. The number of hydrogen-bond donors (Lipinski definition) is 1. The Bertz CT molecular complexity index is 1020. The number of amides is 1. The van der Waals surface area contributed by atoms with Gasteiger partial charge in [0.15, 0.2) is 11.5 Å². The maximum absolute atomic E-state index is 12.5. The summed E-state index contributed by atoms with van der Waals surface area (Å²) in [7, 11) is 0. The number of carbonyl (C=O) groups excluding carboxylic acids is 1. The van der Waals surface area contributed by atoms with Crippen LogP contribution < -0.4 is 5.32 Å². The van der Waals surface area contributed by atoms with Gasteiger partial charge in [0, 0.05) is 6.07 Å². The number of nitrogens with one attached hydrogen (secondary N) is 1. The molecule has 26 heavy (non-hydrogen) atoms. The summed E-state index contributed by atoms with van der Waals surface area (Å²) in [6.07, 6.45) is 2.90. The van der Waals surface area contributed by atoms with Crippen molar-refractivity contribution >= 4 is 11.7 Å². The van der Waals surface area contributed by atoms with E-state index in [1.165, 1.54) is 17.3 Å². The van der Waals surface area contributed by atoms with Gasteiger partial charge in [0.1, 0.15) is 18.5 Å². The Hall–Kier alpha value is -3.88. The van der Waals surface area contributed by atoms with E-state index in [4.69, 9.17) is 0 Å². The molecular formula is C17H14N8O. The summed E-state index contributed by atoms with van der Waals surface area (Å²) >= 11 is 0. The highest BCUT2D eigenvalue weighted by atomic mass is 16.2. The molecule has 1 amide bonds. The molecule has 0 aliphatic rings. The Morgan fingerprint density at radius 2 is 1.92 bits per heavy atom. The number of nitrogens with zero attached hydrogens (tertiary/aromatic N) is 7. The maximum Gasteiger partial charge on any atom is 0.277 e. The lowest BCUT2D eigenvalue weighted by Gasteiger charge is -2.08. The van der Waals surface area contributed by atoms with Crippen LogP contribution in [0.15, 0.2) is 61.2 Å². The standard InChI is InChI=1S/C17H14N8O/c1-12-9-16(25(23-12)13-5-3-2-4-6-13)20-17(26)14-7-8-15(22-21-14)24-11-18-10-19-24/h2-11H,1H3,(H,20,26). The first-order chi connectivity index (χ1) is 12.7. The molecular weight excluding hydrogens is 332 g/mol. The summed E-state index contributed by atoms with van der Waals surface area (Å²) in [4.78, 5) is 16.4. The molecule has 0 aliphatic carbocycles. The molecule has 3 aromatic heterocycles. The van der Waals surface area contributed by atoms with Crippen LogP contribution in [0.1, 0.15) is 16.2 Å². The molecule has 9 nitrogen and oxygen atoms in total. The molecule has 0 aliphatic heterocycles. The Morgan fingerprint density at radius 3 is 2.62 bits per heavy atom. The van der Waals surface area contributed by atoms with Gasteiger partial charge in [0.25, 0.3) is 5.91 Å². The Labute approximate surface area is 148 Å². The second-order valence-electron chi connectivity index (χ2n) is 5.49. The van der Waals surface area contributed by atoms with Crippen molar-refractivity contribution in [1.82, 2.24) is 34.7 Å². The molecule has 1 aromatic carbocycles. The molecule has 9 heteroatoms. The van der Waals surface area contributed by atoms with Crippen LogP contribution in [-0.4, -0.2) is 40.6 Å². The first-order valence-electron chi connectivity index (χ1n) is 7.83. The highest BCUT2D eigenvalue weighted by molar-refractivity contribution is 6.02. The van der Waals surface area contributed by atoms with Crippen molar-refractivity contribution in [2.75, 3.05) is 5.32 Å². The van der Waals surface area contributed by atoms with Gasteiger partial charge in [-0.1, -0.05) is 18.2 Å². The predicted octanol–water partition coefficient (Wildman–Crippen LogP) is 1.80. The number of anilines is 1. The van der Waals surface area contributed by atoms with Crippen LogP contribution in [0, 0.1) is 6.92 Å². The number of carbonyl (C=O) groups is 1. The van der Waals surface area contributed by atoms with Gasteiger partial charge in [-0.3, -0.25) is 4.79 Å². The van der Waals surface area contributed by atoms with Gasteiger partial charge in [-0.25, -0.2) is 14.3 Å². The largest absolute Gasteiger partial charge is 0.305 e. The molecule has 128 valence electrons. The van der Waals surface area contributed by atoms with Crippen LogP contribution in [0.4, 0.5) is 5.82 Å². The topological polar surface area (TPSA) is 103 Å². The van der Waals surface area contributed by atoms with E-state index < -0.39 is 0 Å². The average molecular weight is 346 g/mol. The fourth-order valence-electron chi connectivity index (χ4n) is 2.43. The van der Waals surface area contributed by atoms with E-state index in [1.807, 2.05) is 37.3 Å². The van der Waals surface area contributed by atoms with Gasteiger partial charge in [-0.05, 0) is 31.2 Å². The molecule has 0 saturated carbocycles. The molecule has 0 spiro atoms. The summed E-state index contributed by atoms with van der Waals surface area (Å²) in [5, 5.41) is 19.2. The number of aryl methyl sites for hydroxylation is 1. The zero-order chi connectivity index (χ0) is 17.9. The lowest BCUT2D eigenvalue weighted by molar-refractivity contribution is 0.102. The summed E-state index contributed by atoms with van der Waals surface area (Å²) in [6, 6.07) is 14.6. The van der Waals surface area contributed by atoms with Gasteiger partial charge in [-0.2, -0.15) is 10.2 Å².